The van der Waals surface area contributed by atoms with E-state index in [1.165, 1.54) is 11.3 Å². The van der Waals surface area contributed by atoms with Crippen molar-refractivity contribution in [3.63, 3.8) is 0 Å². The van der Waals surface area contributed by atoms with Crippen molar-refractivity contribution in [2.45, 2.75) is 6.92 Å². The monoisotopic (exact) mass is 305 g/mol. The van der Waals surface area contributed by atoms with Crippen molar-refractivity contribution in [3.05, 3.63) is 28.6 Å². The number of hydrogen-bond donors (Lipinski definition) is 3. The van der Waals surface area contributed by atoms with E-state index in [2.05, 4.69) is 15.6 Å². The Morgan fingerprint density at radius 2 is 2.10 bits per heavy atom. The summed E-state index contributed by atoms with van der Waals surface area (Å²) in [5.74, 6) is -0.0122. The molecule has 0 aliphatic carbocycles. The third-order valence-electron chi connectivity index (χ3n) is 3.02. The first kappa shape index (κ1) is 15.1. The van der Waals surface area contributed by atoms with E-state index in [1.807, 2.05) is 44.1 Å². The zero-order valence-corrected chi connectivity index (χ0v) is 13.3. The van der Waals surface area contributed by atoms with Gasteiger partial charge in [-0.2, -0.15) is 0 Å². The highest BCUT2D eigenvalue weighted by molar-refractivity contribution is 7.18. The van der Waals surface area contributed by atoms with Gasteiger partial charge in [-0.1, -0.05) is 17.4 Å². The van der Waals surface area contributed by atoms with Gasteiger partial charge in [0.25, 0.3) is 5.91 Å². The Morgan fingerprint density at radius 1 is 1.38 bits per heavy atom. The zero-order valence-electron chi connectivity index (χ0n) is 12.5. The van der Waals surface area contributed by atoms with Crippen molar-refractivity contribution in [1.82, 2.24) is 4.98 Å². The fraction of sp³-hybridized carbons (Fsp3) is 0.286. The second-order valence-corrected chi connectivity index (χ2v) is 5.83. The molecule has 112 valence electrons. The maximum absolute atomic E-state index is 12.3. The zero-order chi connectivity index (χ0) is 15.6. The van der Waals surface area contributed by atoms with Crippen LogP contribution in [-0.4, -0.2) is 32.0 Å². The molecular formula is C14H19N5OS. The van der Waals surface area contributed by atoms with Gasteiger partial charge >= 0.3 is 0 Å². The number of nitrogen functional groups attached to an aromatic ring is 1. The number of benzene rings is 1. The Hall–Kier alpha value is -2.28. The van der Waals surface area contributed by atoms with Gasteiger partial charge in [0.15, 0.2) is 5.13 Å². The second-order valence-electron chi connectivity index (χ2n) is 4.83. The van der Waals surface area contributed by atoms with Crippen LogP contribution >= 0.6 is 11.3 Å². The largest absolute Gasteiger partial charge is 0.382 e. The summed E-state index contributed by atoms with van der Waals surface area (Å²) in [7, 11) is 5.67. The van der Waals surface area contributed by atoms with Crippen LogP contribution in [0.15, 0.2) is 18.2 Å². The van der Waals surface area contributed by atoms with Crippen LogP contribution < -0.4 is 21.3 Å². The fourth-order valence-electron chi connectivity index (χ4n) is 1.96. The number of thiazole rings is 1. The molecule has 0 spiro atoms. The topological polar surface area (TPSA) is 83.3 Å². The fourth-order valence-corrected chi connectivity index (χ4v) is 2.69. The minimum absolute atomic E-state index is 0.238. The molecule has 4 N–H and O–H groups in total. The number of nitrogens with two attached hydrogens (primary N) is 1. The van der Waals surface area contributed by atoms with Gasteiger partial charge in [-0.15, -0.1) is 0 Å². The molecule has 2 aromatic rings. The van der Waals surface area contributed by atoms with E-state index < -0.39 is 0 Å². The summed E-state index contributed by atoms with van der Waals surface area (Å²) in [6.07, 6.45) is 0. The summed E-state index contributed by atoms with van der Waals surface area (Å²) in [5, 5.41) is 6.36. The minimum atomic E-state index is -0.250. The molecule has 2 rings (SSSR count). The van der Waals surface area contributed by atoms with E-state index in [9.17, 15) is 4.79 Å². The van der Waals surface area contributed by atoms with Crippen LogP contribution in [0.1, 0.15) is 15.2 Å². The average Bonchev–Trinajstić information content (AvgIpc) is 2.82. The molecule has 0 atom stereocenters. The molecule has 0 radical (unpaired) electrons. The van der Waals surface area contributed by atoms with Crippen molar-refractivity contribution in [2.24, 2.45) is 0 Å². The van der Waals surface area contributed by atoms with Crippen LogP contribution in [0.3, 0.4) is 0 Å². The molecule has 0 saturated heterocycles. The van der Waals surface area contributed by atoms with E-state index in [4.69, 9.17) is 5.73 Å². The Kier molecular flexibility index (Phi) is 4.32. The predicted octanol–water partition coefficient (Wildman–Crippen LogP) is 2.39. The Balaban J connectivity index is 2.23. The first-order valence-electron chi connectivity index (χ1n) is 6.45. The van der Waals surface area contributed by atoms with Crippen LogP contribution in [0.5, 0.6) is 0 Å². The van der Waals surface area contributed by atoms with E-state index in [1.54, 1.807) is 7.05 Å². The lowest BCUT2D eigenvalue weighted by Crippen LogP contribution is -2.14. The molecule has 0 unspecified atom stereocenters. The number of aromatic nitrogens is 1. The summed E-state index contributed by atoms with van der Waals surface area (Å²) < 4.78 is 0. The Morgan fingerprint density at radius 3 is 2.67 bits per heavy atom. The van der Waals surface area contributed by atoms with Gasteiger partial charge in [-0.25, -0.2) is 4.98 Å². The number of carbonyl (C=O) groups is 1. The third-order valence-corrected chi connectivity index (χ3v) is 4.11. The molecule has 0 bridgehead atoms. The number of nitrogens with zero attached hydrogens (tertiary/aromatic N) is 2. The summed E-state index contributed by atoms with van der Waals surface area (Å²) >= 11 is 1.23. The lowest BCUT2D eigenvalue weighted by Gasteiger charge is -2.17. The first-order chi connectivity index (χ1) is 9.92. The quantitative estimate of drug-likeness (QED) is 0.808. The van der Waals surface area contributed by atoms with Crippen LogP contribution in [0.2, 0.25) is 0 Å². The summed E-state index contributed by atoms with van der Waals surface area (Å²) in [5.41, 5.74) is 8.70. The summed E-state index contributed by atoms with van der Waals surface area (Å²) in [6.45, 7) is 2.03. The molecule has 1 heterocycles. The molecule has 0 saturated carbocycles. The number of nitrogens with one attached hydrogen (secondary N) is 2. The summed E-state index contributed by atoms with van der Waals surface area (Å²) in [4.78, 5) is 18.7. The van der Waals surface area contributed by atoms with Gasteiger partial charge in [0.2, 0.25) is 0 Å². The van der Waals surface area contributed by atoms with E-state index in [-0.39, 0.29) is 11.7 Å². The van der Waals surface area contributed by atoms with Crippen LogP contribution in [-0.2, 0) is 0 Å². The maximum atomic E-state index is 12.3. The van der Waals surface area contributed by atoms with Crippen LogP contribution in [0.4, 0.5) is 22.3 Å². The van der Waals surface area contributed by atoms with E-state index >= 15 is 0 Å². The number of anilines is 4. The smallest absolute Gasteiger partial charge is 0.269 e. The molecule has 1 amide bonds. The SMILES string of the molecule is CNc1nc(N)c(C(=O)Nc2ccc(C)c(N(C)C)c2)s1. The number of aryl methyl sites for hydroxylation is 1. The van der Waals surface area contributed by atoms with Gasteiger partial charge < -0.3 is 21.3 Å². The molecule has 0 fully saturated rings. The predicted molar refractivity (Wildman–Crippen MR) is 89.5 cm³/mol. The first-order valence-corrected chi connectivity index (χ1v) is 7.27. The van der Waals surface area contributed by atoms with Crippen LogP contribution in [0.25, 0.3) is 0 Å². The van der Waals surface area contributed by atoms with E-state index in [0.717, 1.165) is 16.9 Å². The molecule has 7 heteroatoms. The molecule has 21 heavy (non-hydrogen) atoms. The summed E-state index contributed by atoms with van der Waals surface area (Å²) in [6, 6.07) is 5.78. The molecule has 0 aliphatic rings. The second kappa shape index (κ2) is 6.01. The molecule has 0 aliphatic heterocycles. The third kappa shape index (κ3) is 3.25. The number of amides is 1. The Labute approximate surface area is 128 Å². The van der Waals surface area contributed by atoms with Crippen molar-refractivity contribution in [2.75, 3.05) is 42.4 Å². The highest BCUT2D eigenvalue weighted by atomic mass is 32.1. The van der Waals surface area contributed by atoms with Gasteiger partial charge in [-0.05, 0) is 24.6 Å². The van der Waals surface area contributed by atoms with E-state index in [0.29, 0.717) is 10.0 Å². The normalized spacial score (nSPS) is 10.3. The number of hydrogen-bond acceptors (Lipinski definition) is 6. The molecule has 1 aromatic carbocycles. The average molecular weight is 305 g/mol. The molecule has 1 aromatic heterocycles. The highest BCUT2D eigenvalue weighted by Gasteiger charge is 2.16. The van der Waals surface area contributed by atoms with Crippen LogP contribution in [0, 0.1) is 6.92 Å². The van der Waals surface area contributed by atoms with Crippen molar-refractivity contribution >= 4 is 39.6 Å². The van der Waals surface area contributed by atoms with Crippen molar-refractivity contribution < 1.29 is 4.79 Å². The van der Waals surface area contributed by atoms with Crippen molar-refractivity contribution in [3.8, 4) is 0 Å². The maximum Gasteiger partial charge on any atom is 0.269 e. The molecular weight excluding hydrogens is 286 g/mol. The Bertz CT molecular complexity index is 665. The molecule has 6 nitrogen and oxygen atoms in total. The minimum Gasteiger partial charge on any atom is -0.382 e. The lowest BCUT2D eigenvalue weighted by molar-refractivity contribution is 0.103. The van der Waals surface area contributed by atoms with Crippen molar-refractivity contribution in [1.29, 1.82) is 0 Å². The van der Waals surface area contributed by atoms with Gasteiger partial charge in [0.1, 0.15) is 10.7 Å². The number of rotatable bonds is 4. The standard InChI is InChI=1S/C14H19N5OS/c1-8-5-6-9(7-10(8)19(3)4)17-13(20)11-12(15)18-14(16-2)21-11/h5-7H,15H2,1-4H3,(H,16,18)(H,17,20). The van der Waals surface area contributed by atoms with Gasteiger partial charge in [0, 0.05) is 32.5 Å². The highest BCUT2D eigenvalue weighted by Crippen LogP contribution is 2.27. The lowest BCUT2D eigenvalue weighted by atomic mass is 10.1. The van der Waals surface area contributed by atoms with Gasteiger partial charge in [-0.3, -0.25) is 4.79 Å². The number of carbonyl (C=O) groups excluding carboxylic acids is 1. The van der Waals surface area contributed by atoms with Gasteiger partial charge in [0.05, 0.1) is 0 Å².